The summed E-state index contributed by atoms with van der Waals surface area (Å²) in [6, 6.07) is 21.4. The fraction of sp³-hybridized carbons (Fsp3) is 0.333. The van der Waals surface area contributed by atoms with E-state index < -0.39 is 0 Å². The summed E-state index contributed by atoms with van der Waals surface area (Å²) in [6.07, 6.45) is 3.28. The summed E-state index contributed by atoms with van der Waals surface area (Å²) in [4.78, 5) is 6.10. The lowest BCUT2D eigenvalue weighted by Crippen LogP contribution is -2.54. The van der Waals surface area contributed by atoms with Crippen molar-refractivity contribution in [2.24, 2.45) is 0 Å². The molecule has 1 saturated carbocycles. The average Bonchev–Trinajstić information content (AvgIpc) is 3.48. The van der Waals surface area contributed by atoms with Gasteiger partial charge in [0, 0.05) is 12.0 Å². The Morgan fingerprint density at radius 2 is 1.81 bits per heavy atom. The van der Waals surface area contributed by atoms with Crippen LogP contribution in [0.15, 0.2) is 60.7 Å². The Hall–Kier alpha value is -2.36. The van der Waals surface area contributed by atoms with E-state index in [1.54, 1.807) is 0 Å². The van der Waals surface area contributed by atoms with E-state index in [2.05, 4.69) is 55.6 Å². The number of hydroxylamine groups is 3. The predicted octanol–water partition coefficient (Wildman–Crippen LogP) is 4.88. The van der Waals surface area contributed by atoms with Crippen molar-refractivity contribution in [3.63, 3.8) is 0 Å². The van der Waals surface area contributed by atoms with Crippen LogP contribution in [-0.2, 0) is 16.7 Å². The molecule has 3 aromatic carbocycles. The Morgan fingerprint density at radius 3 is 2.59 bits per heavy atom. The van der Waals surface area contributed by atoms with Crippen LogP contribution >= 0.6 is 0 Å². The zero-order valence-corrected chi connectivity index (χ0v) is 16.0. The van der Waals surface area contributed by atoms with Gasteiger partial charge in [-0.2, -0.15) is 4.65 Å². The lowest BCUT2D eigenvalue weighted by atomic mass is 9.77. The number of likely N-dealkylation sites (N-methyl/N-ethyl adjacent to an activating group) is 1. The Bertz CT molecular complexity index is 1020. The molecular weight excluding hydrogens is 334 g/mol. The van der Waals surface area contributed by atoms with E-state index >= 15 is 0 Å². The van der Waals surface area contributed by atoms with Crippen LogP contribution in [0.5, 0.6) is 5.75 Å². The van der Waals surface area contributed by atoms with Gasteiger partial charge >= 0.3 is 0 Å². The van der Waals surface area contributed by atoms with E-state index in [0.29, 0.717) is 10.4 Å². The van der Waals surface area contributed by atoms with Gasteiger partial charge in [0.1, 0.15) is 12.3 Å². The highest BCUT2D eigenvalue weighted by Gasteiger charge is 2.62. The van der Waals surface area contributed by atoms with Crippen molar-refractivity contribution in [2.45, 2.75) is 30.7 Å². The number of benzene rings is 3. The summed E-state index contributed by atoms with van der Waals surface area (Å²) in [5.74, 6) is 0.344. The number of nitrogens with zero attached hydrogens (tertiary/aromatic N) is 1. The van der Waals surface area contributed by atoms with Gasteiger partial charge in [0.2, 0.25) is 0 Å². The predicted molar refractivity (Wildman–Crippen MR) is 107 cm³/mol. The van der Waals surface area contributed by atoms with Gasteiger partial charge in [-0.3, -0.25) is 0 Å². The summed E-state index contributed by atoms with van der Waals surface area (Å²) in [7, 11) is 4.02. The maximum Gasteiger partial charge on any atom is 0.154 e. The normalized spacial score (nSPS) is 25.9. The minimum absolute atomic E-state index is 0.0502. The average molecular weight is 360 g/mol. The van der Waals surface area contributed by atoms with Crippen molar-refractivity contribution >= 4 is 10.8 Å². The lowest BCUT2D eigenvalue weighted by Gasteiger charge is -2.46. The zero-order valence-electron chi connectivity index (χ0n) is 16.0. The first-order valence-corrected chi connectivity index (χ1v) is 9.78. The maximum absolute atomic E-state index is 10.2. The highest BCUT2D eigenvalue weighted by molar-refractivity contribution is 5.87. The quantitative estimate of drug-likeness (QED) is 0.675. The molecule has 1 N–H and O–H groups in total. The van der Waals surface area contributed by atoms with Gasteiger partial charge < -0.3 is 5.11 Å². The van der Waals surface area contributed by atoms with Gasteiger partial charge in [0.15, 0.2) is 6.04 Å². The fourth-order valence-corrected chi connectivity index (χ4v) is 5.33. The molecule has 2 aliphatic rings. The molecule has 0 bridgehead atoms. The van der Waals surface area contributed by atoms with Crippen LogP contribution in [0.1, 0.15) is 35.6 Å². The van der Waals surface area contributed by atoms with E-state index in [4.69, 9.17) is 4.84 Å². The molecule has 0 aromatic heterocycles. The van der Waals surface area contributed by atoms with Crippen molar-refractivity contribution in [2.75, 3.05) is 20.7 Å². The van der Waals surface area contributed by atoms with Gasteiger partial charge in [-0.15, -0.1) is 0 Å². The fourth-order valence-electron chi connectivity index (χ4n) is 5.33. The number of phenols is 1. The molecular formula is C24H26NO2+. The minimum atomic E-state index is 0.0502. The van der Waals surface area contributed by atoms with Crippen molar-refractivity contribution in [1.82, 2.24) is 0 Å². The SMILES string of the molecule is CO[N+]1(C)CCc2ccc(O)cc2C1C1(c2cccc3ccccc23)CC1. The molecule has 1 heterocycles. The van der Waals surface area contributed by atoms with Crippen LogP contribution in [-0.4, -0.2) is 30.5 Å². The van der Waals surface area contributed by atoms with Gasteiger partial charge in [-0.25, -0.2) is 4.84 Å². The summed E-state index contributed by atoms with van der Waals surface area (Å²) in [6.45, 7) is 0.950. The minimum Gasteiger partial charge on any atom is -0.508 e. The van der Waals surface area contributed by atoms with E-state index in [1.165, 1.54) is 27.5 Å². The second-order valence-corrected chi connectivity index (χ2v) is 8.30. The van der Waals surface area contributed by atoms with Gasteiger partial charge in [-0.1, -0.05) is 48.5 Å². The van der Waals surface area contributed by atoms with E-state index in [-0.39, 0.29) is 11.5 Å². The van der Waals surface area contributed by atoms with Crippen molar-refractivity contribution in [3.8, 4) is 5.75 Å². The highest BCUT2D eigenvalue weighted by atomic mass is 16.7. The van der Waals surface area contributed by atoms with Crippen LogP contribution in [0.3, 0.4) is 0 Å². The Kier molecular flexibility index (Phi) is 3.62. The molecule has 2 unspecified atom stereocenters. The molecule has 0 amide bonds. The van der Waals surface area contributed by atoms with Gasteiger partial charge in [-0.05, 0) is 46.9 Å². The molecule has 27 heavy (non-hydrogen) atoms. The van der Waals surface area contributed by atoms with Crippen LogP contribution in [0.25, 0.3) is 10.8 Å². The third-order valence-electron chi connectivity index (χ3n) is 6.85. The highest BCUT2D eigenvalue weighted by Crippen LogP contribution is 2.63. The number of phenolic OH excluding ortho intramolecular Hbond substituents is 1. The van der Waals surface area contributed by atoms with Crippen molar-refractivity contribution in [1.29, 1.82) is 0 Å². The van der Waals surface area contributed by atoms with Crippen molar-refractivity contribution < 1.29 is 14.6 Å². The number of hydrogen-bond acceptors (Lipinski definition) is 2. The van der Waals surface area contributed by atoms with Gasteiger partial charge in [0.25, 0.3) is 0 Å². The molecule has 0 saturated heterocycles. The smallest absolute Gasteiger partial charge is 0.154 e. The number of aromatic hydroxyl groups is 1. The Balaban J connectivity index is 1.75. The molecule has 1 fully saturated rings. The molecule has 3 heteroatoms. The molecule has 3 nitrogen and oxygen atoms in total. The Morgan fingerprint density at radius 1 is 1.04 bits per heavy atom. The first kappa shape index (κ1) is 16.8. The molecule has 0 spiro atoms. The van der Waals surface area contributed by atoms with Crippen molar-refractivity contribution in [3.05, 3.63) is 77.4 Å². The van der Waals surface area contributed by atoms with E-state index in [1.807, 2.05) is 19.2 Å². The van der Waals surface area contributed by atoms with Crippen LogP contribution in [0.2, 0.25) is 0 Å². The summed E-state index contributed by atoms with van der Waals surface area (Å²) in [5, 5.41) is 12.9. The monoisotopic (exact) mass is 360 g/mol. The third kappa shape index (κ3) is 2.42. The summed E-state index contributed by atoms with van der Waals surface area (Å²) < 4.78 is 0.555. The maximum atomic E-state index is 10.2. The number of fused-ring (bicyclic) bond motifs is 2. The molecule has 1 aliphatic carbocycles. The second kappa shape index (κ2) is 5.82. The van der Waals surface area contributed by atoms with Crippen LogP contribution in [0.4, 0.5) is 0 Å². The largest absolute Gasteiger partial charge is 0.508 e. The Labute approximate surface area is 160 Å². The summed E-state index contributed by atoms with van der Waals surface area (Å²) in [5.41, 5.74) is 4.06. The first-order valence-electron chi connectivity index (χ1n) is 9.78. The van der Waals surface area contributed by atoms with E-state index in [0.717, 1.165) is 25.8 Å². The number of hydrogen-bond donors (Lipinski definition) is 1. The van der Waals surface area contributed by atoms with Crippen LogP contribution < -0.4 is 0 Å². The molecule has 1 aliphatic heterocycles. The zero-order chi connectivity index (χ0) is 18.6. The van der Waals surface area contributed by atoms with E-state index in [9.17, 15) is 5.11 Å². The van der Waals surface area contributed by atoms with Crippen LogP contribution in [0, 0.1) is 0 Å². The molecule has 5 rings (SSSR count). The summed E-state index contributed by atoms with van der Waals surface area (Å²) >= 11 is 0. The lowest BCUT2D eigenvalue weighted by molar-refractivity contribution is -1.11. The molecule has 138 valence electrons. The molecule has 3 aromatic rings. The topological polar surface area (TPSA) is 29.5 Å². The number of quaternary nitrogens is 1. The first-order chi connectivity index (χ1) is 13.1. The second-order valence-electron chi connectivity index (χ2n) is 8.30. The van der Waals surface area contributed by atoms with Gasteiger partial charge in [0.05, 0.1) is 19.6 Å². The third-order valence-corrected chi connectivity index (χ3v) is 6.85. The number of rotatable bonds is 3. The molecule has 2 atom stereocenters. The molecule has 0 radical (unpaired) electrons. The standard InChI is InChI=1S/C24H25NO2/c1-25(27-2)15-12-18-10-11-19(26)16-21(18)23(25)24(13-14-24)22-9-5-7-17-6-3-4-8-20(17)22/h3-11,16,23H,12-15H2,1-2H3/p+1.